The number of anilines is 1. The fourth-order valence-electron chi connectivity index (χ4n) is 1.79. The van der Waals surface area contributed by atoms with E-state index < -0.39 is 6.10 Å². The average molecular weight is 369 g/mol. The van der Waals surface area contributed by atoms with E-state index in [9.17, 15) is 4.79 Å². The largest absolute Gasteiger partial charge is 0.481 e. The van der Waals surface area contributed by atoms with E-state index >= 15 is 0 Å². The van der Waals surface area contributed by atoms with Crippen LogP contribution in [0, 0.1) is 0 Å². The first-order valence-corrected chi connectivity index (χ1v) is 7.97. The Morgan fingerprint density at radius 3 is 2.76 bits per heavy atom. The molecule has 0 radical (unpaired) electrons. The molecule has 0 aliphatic rings. The molecule has 3 nitrogen and oxygen atoms in total. The number of ether oxygens (including phenoxy) is 1. The maximum Gasteiger partial charge on any atom is 0.265 e. The Hall–Kier alpha value is -1.52. The highest BCUT2D eigenvalue weighted by Crippen LogP contribution is 2.20. The molecular formula is C16H15BrClNO2. The predicted molar refractivity (Wildman–Crippen MR) is 89.2 cm³/mol. The number of carbonyl (C=O) groups is 1. The van der Waals surface area contributed by atoms with Gasteiger partial charge in [-0.1, -0.05) is 51.8 Å². The van der Waals surface area contributed by atoms with Crippen LogP contribution in [0.2, 0.25) is 5.02 Å². The topological polar surface area (TPSA) is 38.3 Å². The Balaban J connectivity index is 2.02. The second-order valence-electron chi connectivity index (χ2n) is 4.50. The van der Waals surface area contributed by atoms with Gasteiger partial charge in [0.2, 0.25) is 0 Å². The lowest BCUT2D eigenvalue weighted by Crippen LogP contribution is -2.30. The Kier molecular flexibility index (Phi) is 5.65. The van der Waals surface area contributed by atoms with Crippen LogP contribution in [0.1, 0.15) is 12.5 Å². The quantitative estimate of drug-likeness (QED) is 0.781. The monoisotopic (exact) mass is 367 g/mol. The van der Waals surface area contributed by atoms with Gasteiger partial charge in [0, 0.05) is 16.0 Å². The first kappa shape index (κ1) is 15.9. The summed E-state index contributed by atoms with van der Waals surface area (Å²) >= 11 is 9.29. The number of para-hydroxylation sites is 1. The normalized spacial score (nSPS) is 11.8. The van der Waals surface area contributed by atoms with Crippen LogP contribution in [0.4, 0.5) is 5.69 Å². The summed E-state index contributed by atoms with van der Waals surface area (Å²) in [6.07, 6.45) is -0.619. The molecule has 0 bridgehead atoms. The summed E-state index contributed by atoms with van der Waals surface area (Å²) in [6, 6.07) is 14.6. The second kappa shape index (κ2) is 7.48. The minimum absolute atomic E-state index is 0.205. The van der Waals surface area contributed by atoms with Crippen molar-refractivity contribution in [3.8, 4) is 5.75 Å². The molecule has 2 aromatic carbocycles. The molecule has 0 aliphatic carbocycles. The third-order valence-electron chi connectivity index (χ3n) is 2.90. The number of hydrogen-bond acceptors (Lipinski definition) is 2. The van der Waals surface area contributed by atoms with Crippen molar-refractivity contribution in [2.24, 2.45) is 0 Å². The van der Waals surface area contributed by atoms with E-state index in [1.807, 2.05) is 24.3 Å². The molecule has 0 spiro atoms. The molecule has 2 rings (SSSR count). The molecule has 2 aromatic rings. The molecule has 5 heteroatoms. The van der Waals surface area contributed by atoms with Gasteiger partial charge in [-0.2, -0.15) is 0 Å². The van der Waals surface area contributed by atoms with Gasteiger partial charge in [-0.25, -0.2) is 0 Å². The van der Waals surface area contributed by atoms with Crippen molar-refractivity contribution in [1.82, 2.24) is 0 Å². The highest BCUT2D eigenvalue weighted by Gasteiger charge is 2.16. The lowest BCUT2D eigenvalue weighted by atomic mass is 10.2. The minimum atomic E-state index is -0.619. The summed E-state index contributed by atoms with van der Waals surface area (Å²) in [6.45, 7) is 1.70. The van der Waals surface area contributed by atoms with Crippen molar-refractivity contribution in [2.45, 2.75) is 18.4 Å². The number of alkyl halides is 1. The summed E-state index contributed by atoms with van der Waals surface area (Å²) < 4.78 is 5.59. The van der Waals surface area contributed by atoms with Crippen LogP contribution in [-0.4, -0.2) is 12.0 Å². The highest BCUT2D eigenvalue weighted by molar-refractivity contribution is 9.08. The van der Waals surface area contributed by atoms with Crippen LogP contribution in [-0.2, 0) is 10.1 Å². The zero-order valence-corrected chi connectivity index (χ0v) is 13.8. The zero-order valence-electron chi connectivity index (χ0n) is 11.5. The summed E-state index contributed by atoms with van der Waals surface area (Å²) in [5.41, 5.74) is 1.79. The van der Waals surface area contributed by atoms with Crippen LogP contribution in [0.3, 0.4) is 0 Å². The van der Waals surface area contributed by atoms with Gasteiger partial charge in [-0.05, 0) is 36.8 Å². The minimum Gasteiger partial charge on any atom is -0.481 e. The van der Waals surface area contributed by atoms with Crippen molar-refractivity contribution >= 4 is 39.1 Å². The molecule has 1 unspecified atom stereocenters. The van der Waals surface area contributed by atoms with Crippen LogP contribution in [0.5, 0.6) is 5.75 Å². The molecular weight excluding hydrogens is 354 g/mol. The fraction of sp³-hybridized carbons (Fsp3) is 0.188. The smallest absolute Gasteiger partial charge is 0.265 e. The highest BCUT2D eigenvalue weighted by atomic mass is 79.9. The number of carbonyl (C=O) groups excluding carboxylic acids is 1. The molecule has 110 valence electrons. The lowest BCUT2D eigenvalue weighted by Gasteiger charge is -2.16. The van der Waals surface area contributed by atoms with E-state index in [-0.39, 0.29) is 5.91 Å². The Bertz CT molecular complexity index is 633. The van der Waals surface area contributed by atoms with Gasteiger partial charge >= 0.3 is 0 Å². The number of hydrogen-bond donors (Lipinski definition) is 1. The lowest BCUT2D eigenvalue weighted by molar-refractivity contribution is -0.122. The van der Waals surface area contributed by atoms with Gasteiger partial charge in [0.1, 0.15) is 5.75 Å². The zero-order chi connectivity index (χ0) is 15.2. The summed E-state index contributed by atoms with van der Waals surface area (Å²) in [7, 11) is 0. The van der Waals surface area contributed by atoms with E-state index in [2.05, 4.69) is 21.2 Å². The maximum absolute atomic E-state index is 12.2. The van der Waals surface area contributed by atoms with E-state index in [4.69, 9.17) is 16.3 Å². The Morgan fingerprint density at radius 1 is 1.29 bits per heavy atom. The third-order valence-corrected chi connectivity index (χ3v) is 3.74. The number of benzene rings is 2. The average Bonchev–Trinajstić information content (AvgIpc) is 2.47. The van der Waals surface area contributed by atoms with Crippen LogP contribution in [0.15, 0.2) is 48.5 Å². The van der Waals surface area contributed by atoms with Gasteiger partial charge in [-0.3, -0.25) is 4.79 Å². The number of rotatable bonds is 5. The van der Waals surface area contributed by atoms with Crippen LogP contribution in [0.25, 0.3) is 0 Å². The SMILES string of the molecule is CC(Oc1cccc(Cl)c1)C(=O)Nc1ccccc1CBr. The summed E-state index contributed by atoms with van der Waals surface area (Å²) in [5.74, 6) is 0.363. The van der Waals surface area contributed by atoms with Gasteiger partial charge in [0.25, 0.3) is 5.91 Å². The number of amides is 1. The predicted octanol–water partition coefficient (Wildman–Crippen LogP) is 4.64. The molecule has 1 N–H and O–H groups in total. The summed E-state index contributed by atoms with van der Waals surface area (Å²) in [4.78, 5) is 12.2. The molecule has 0 fully saturated rings. The van der Waals surface area contributed by atoms with E-state index in [0.29, 0.717) is 16.1 Å². The van der Waals surface area contributed by atoms with Gasteiger partial charge in [0.15, 0.2) is 6.10 Å². The first-order chi connectivity index (χ1) is 10.1. The van der Waals surface area contributed by atoms with Crippen molar-refractivity contribution in [2.75, 3.05) is 5.32 Å². The van der Waals surface area contributed by atoms with Gasteiger partial charge in [0.05, 0.1) is 0 Å². The van der Waals surface area contributed by atoms with E-state index in [1.165, 1.54) is 0 Å². The Morgan fingerprint density at radius 2 is 2.05 bits per heavy atom. The molecule has 0 aliphatic heterocycles. The number of halogens is 2. The second-order valence-corrected chi connectivity index (χ2v) is 5.49. The molecule has 0 aromatic heterocycles. The fourth-order valence-corrected chi connectivity index (χ4v) is 2.46. The Labute approximate surface area is 137 Å². The summed E-state index contributed by atoms with van der Waals surface area (Å²) in [5, 5.41) is 4.12. The molecule has 0 heterocycles. The molecule has 21 heavy (non-hydrogen) atoms. The maximum atomic E-state index is 12.2. The van der Waals surface area contributed by atoms with E-state index in [0.717, 1.165) is 11.3 Å². The molecule has 0 saturated heterocycles. The van der Waals surface area contributed by atoms with Crippen LogP contribution >= 0.6 is 27.5 Å². The van der Waals surface area contributed by atoms with Crippen molar-refractivity contribution in [3.05, 3.63) is 59.1 Å². The standard InChI is InChI=1S/C16H15BrClNO2/c1-11(21-14-7-4-6-13(18)9-14)16(20)19-15-8-3-2-5-12(15)10-17/h2-9,11H,10H2,1H3,(H,19,20). The molecule has 1 atom stereocenters. The van der Waals surface area contributed by atoms with Crippen molar-refractivity contribution in [1.29, 1.82) is 0 Å². The van der Waals surface area contributed by atoms with Crippen LogP contribution < -0.4 is 10.1 Å². The number of nitrogens with one attached hydrogen (secondary N) is 1. The van der Waals surface area contributed by atoms with Crippen molar-refractivity contribution < 1.29 is 9.53 Å². The van der Waals surface area contributed by atoms with E-state index in [1.54, 1.807) is 31.2 Å². The van der Waals surface area contributed by atoms with Gasteiger partial charge < -0.3 is 10.1 Å². The first-order valence-electron chi connectivity index (χ1n) is 6.47. The third kappa shape index (κ3) is 4.48. The molecule has 0 saturated carbocycles. The molecule has 1 amide bonds. The van der Waals surface area contributed by atoms with Gasteiger partial charge in [-0.15, -0.1) is 0 Å². The van der Waals surface area contributed by atoms with Crippen molar-refractivity contribution in [3.63, 3.8) is 0 Å².